The normalized spacial score (nSPS) is 12.9. The lowest BCUT2D eigenvalue weighted by Gasteiger charge is -2.13. The lowest BCUT2D eigenvalue weighted by Crippen LogP contribution is -2.20. The van der Waals surface area contributed by atoms with Gasteiger partial charge in [-0.25, -0.2) is 4.98 Å². The fourth-order valence-corrected chi connectivity index (χ4v) is 3.80. The van der Waals surface area contributed by atoms with E-state index in [9.17, 15) is 17.4 Å². The molecular formula is C18H18F3N3O4S. The number of aliphatic hydroxyl groups excluding tert-OH is 1. The molecule has 1 N–H and O–H groups in total. The number of benzene rings is 1. The third kappa shape index (κ3) is 5.04. The first-order valence-corrected chi connectivity index (χ1v) is 9.86. The Kier molecular flexibility index (Phi) is 6.38. The fourth-order valence-electron chi connectivity index (χ4n) is 2.59. The maximum Gasteiger partial charge on any atom is 0.422 e. The van der Waals surface area contributed by atoms with Gasteiger partial charge in [-0.05, 0) is 25.1 Å². The Morgan fingerprint density at radius 3 is 2.72 bits per heavy atom. The predicted octanol–water partition coefficient (Wildman–Crippen LogP) is 2.41. The molecule has 29 heavy (non-hydrogen) atoms. The van der Waals surface area contributed by atoms with Crippen molar-refractivity contribution in [1.29, 1.82) is 0 Å². The number of halogens is 3. The van der Waals surface area contributed by atoms with Crippen molar-refractivity contribution in [2.45, 2.75) is 24.0 Å². The van der Waals surface area contributed by atoms with E-state index in [-0.39, 0.29) is 29.9 Å². The van der Waals surface area contributed by atoms with Crippen LogP contribution in [-0.4, -0.2) is 50.0 Å². The Labute approximate surface area is 166 Å². The summed E-state index contributed by atoms with van der Waals surface area (Å²) in [7, 11) is -1.72. The molecule has 0 spiro atoms. The minimum absolute atomic E-state index is 0.0226. The molecule has 0 saturated heterocycles. The maximum absolute atomic E-state index is 13.0. The van der Waals surface area contributed by atoms with Crippen LogP contribution in [0.3, 0.4) is 0 Å². The minimum atomic E-state index is -4.46. The van der Waals surface area contributed by atoms with Crippen molar-refractivity contribution in [3.05, 3.63) is 47.8 Å². The van der Waals surface area contributed by atoms with Gasteiger partial charge in [-0.2, -0.15) is 17.9 Å². The number of aromatic nitrogens is 3. The highest BCUT2D eigenvalue weighted by molar-refractivity contribution is 7.84. The van der Waals surface area contributed by atoms with Crippen molar-refractivity contribution in [1.82, 2.24) is 14.7 Å². The van der Waals surface area contributed by atoms with Crippen LogP contribution in [0, 0.1) is 6.92 Å². The molecule has 0 aliphatic heterocycles. The number of imidazole rings is 1. The first-order valence-electron chi connectivity index (χ1n) is 8.54. The molecule has 1 atom stereocenters. The van der Waals surface area contributed by atoms with E-state index in [2.05, 4.69) is 9.97 Å². The van der Waals surface area contributed by atoms with Gasteiger partial charge in [0.25, 0.3) is 0 Å². The molecule has 0 amide bonds. The topological polar surface area (TPSA) is 86.5 Å². The summed E-state index contributed by atoms with van der Waals surface area (Å²) in [4.78, 5) is 13.9. The molecule has 1 aromatic carbocycles. The minimum Gasteiger partial charge on any atom is -0.484 e. The van der Waals surface area contributed by atoms with E-state index in [1.165, 1.54) is 17.0 Å². The van der Waals surface area contributed by atoms with Gasteiger partial charge in [0.05, 0.1) is 34.4 Å². The van der Waals surface area contributed by atoms with Gasteiger partial charge in [0.15, 0.2) is 6.61 Å². The summed E-state index contributed by atoms with van der Waals surface area (Å²) in [5, 5.41) is 9.15. The van der Waals surface area contributed by atoms with Crippen LogP contribution in [0.25, 0.3) is 11.0 Å². The number of fused-ring (bicyclic) bond motifs is 1. The highest BCUT2D eigenvalue weighted by Crippen LogP contribution is 2.25. The molecule has 0 aliphatic carbocycles. The molecule has 0 bridgehead atoms. The zero-order chi connectivity index (χ0) is 21.0. The van der Waals surface area contributed by atoms with E-state index in [0.717, 1.165) is 0 Å². The molecule has 0 fully saturated rings. The third-order valence-corrected chi connectivity index (χ3v) is 5.12. The second-order valence-electron chi connectivity index (χ2n) is 6.01. The molecule has 2 aromatic heterocycles. The van der Waals surface area contributed by atoms with Crippen LogP contribution in [0.2, 0.25) is 0 Å². The van der Waals surface area contributed by atoms with Gasteiger partial charge in [0.1, 0.15) is 17.9 Å². The quantitative estimate of drug-likeness (QED) is 0.592. The van der Waals surface area contributed by atoms with Crippen LogP contribution < -0.4 is 9.57 Å². The summed E-state index contributed by atoms with van der Waals surface area (Å²) in [6.45, 7) is -0.137. The third-order valence-electron chi connectivity index (χ3n) is 3.92. The van der Waals surface area contributed by atoms with Crippen LogP contribution in [0.1, 0.15) is 11.3 Å². The molecule has 2 heterocycles. The van der Waals surface area contributed by atoms with Gasteiger partial charge in [-0.15, -0.1) is 0 Å². The first-order chi connectivity index (χ1) is 13.8. The molecule has 156 valence electrons. The zero-order valence-electron chi connectivity index (χ0n) is 15.3. The molecular weight excluding hydrogens is 411 g/mol. The monoisotopic (exact) mass is 429 g/mol. The van der Waals surface area contributed by atoms with Gasteiger partial charge in [0, 0.05) is 11.8 Å². The van der Waals surface area contributed by atoms with Crippen LogP contribution in [0.4, 0.5) is 13.2 Å². The zero-order valence-corrected chi connectivity index (χ0v) is 16.2. The standard InChI is InChI=1S/C18H18F3N3O4S/c1-12-14(22-7-6-16(12)27-11-18(19,20)21)10-29(26)17-23-13-4-2-3-5-15(13)24(17)28-9-8-25/h2-7,25H,8-11H2,1H3. The van der Waals surface area contributed by atoms with Crippen molar-refractivity contribution >= 4 is 21.8 Å². The average Bonchev–Trinajstić information content (AvgIpc) is 3.05. The van der Waals surface area contributed by atoms with E-state index < -0.39 is 23.6 Å². The van der Waals surface area contributed by atoms with E-state index >= 15 is 0 Å². The van der Waals surface area contributed by atoms with Gasteiger partial charge >= 0.3 is 6.18 Å². The second kappa shape index (κ2) is 8.78. The van der Waals surface area contributed by atoms with Gasteiger partial charge in [-0.1, -0.05) is 12.1 Å². The molecule has 0 aliphatic rings. The molecule has 1 unspecified atom stereocenters. The maximum atomic E-state index is 13.0. The second-order valence-corrected chi connectivity index (χ2v) is 7.35. The summed E-state index contributed by atoms with van der Waals surface area (Å²) in [6, 6.07) is 8.32. The van der Waals surface area contributed by atoms with Gasteiger partial charge in [0.2, 0.25) is 5.16 Å². The number of nitrogens with zero attached hydrogens (tertiary/aromatic N) is 3. The van der Waals surface area contributed by atoms with Crippen molar-refractivity contribution in [3.63, 3.8) is 0 Å². The van der Waals surface area contributed by atoms with Crippen molar-refractivity contribution < 1.29 is 32.1 Å². The SMILES string of the molecule is Cc1c(OCC(F)(F)F)ccnc1CS(=O)c1nc2ccccc2n1OCCO. The van der Waals surface area contributed by atoms with Gasteiger partial charge in [-0.3, -0.25) is 9.19 Å². The summed E-state index contributed by atoms with van der Waals surface area (Å²) in [5.74, 6) is -0.0738. The largest absolute Gasteiger partial charge is 0.484 e. The predicted molar refractivity (Wildman–Crippen MR) is 98.9 cm³/mol. The highest BCUT2D eigenvalue weighted by Gasteiger charge is 2.29. The Bertz CT molecular complexity index is 1020. The van der Waals surface area contributed by atoms with E-state index in [0.29, 0.717) is 22.3 Å². The summed E-state index contributed by atoms with van der Waals surface area (Å²) in [5.41, 5.74) is 1.82. The molecule has 0 saturated carbocycles. The lowest BCUT2D eigenvalue weighted by molar-refractivity contribution is -0.153. The molecule has 11 heteroatoms. The van der Waals surface area contributed by atoms with Crippen molar-refractivity contribution in [3.8, 4) is 5.75 Å². The molecule has 7 nitrogen and oxygen atoms in total. The van der Waals surface area contributed by atoms with Crippen LogP contribution in [0.15, 0.2) is 41.7 Å². The smallest absolute Gasteiger partial charge is 0.422 e. The number of ether oxygens (including phenoxy) is 1. The molecule has 3 rings (SSSR count). The number of para-hydroxylation sites is 2. The lowest BCUT2D eigenvalue weighted by atomic mass is 10.2. The summed E-state index contributed by atoms with van der Waals surface area (Å²) < 4.78 is 56.3. The van der Waals surface area contributed by atoms with Crippen molar-refractivity contribution in [2.24, 2.45) is 0 Å². The first kappa shape index (κ1) is 21.1. The van der Waals surface area contributed by atoms with Crippen molar-refractivity contribution in [2.75, 3.05) is 19.8 Å². The number of rotatable bonds is 8. The number of pyridine rings is 1. The van der Waals surface area contributed by atoms with E-state index in [4.69, 9.17) is 14.7 Å². The number of aliphatic hydroxyl groups is 1. The Hall–Kier alpha value is -2.66. The average molecular weight is 429 g/mol. The number of hydrogen-bond donors (Lipinski definition) is 1. The molecule has 0 radical (unpaired) electrons. The van der Waals surface area contributed by atoms with Crippen LogP contribution in [0.5, 0.6) is 5.75 Å². The van der Waals surface area contributed by atoms with Gasteiger partial charge < -0.3 is 14.7 Å². The fraction of sp³-hybridized carbons (Fsp3) is 0.333. The highest BCUT2D eigenvalue weighted by atomic mass is 32.2. The van der Waals surface area contributed by atoms with E-state index in [1.807, 2.05) is 0 Å². The number of alkyl halides is 3. The summed E-state index contributed by atoms with van der Waals surface area (Å²) in [6.07, 6.45) is -3.16. The molecule has 3 aromatic rings. The Morgan fingerprint density at radius 1 is 1.24 bits per heavy atom. The number of hydrogen-bond acceptors (Lipinski definition) is 6. The Morgan fingerprint density at radius 2 is 2.00 bits per heavy atom. The van der Waals surface area contributed by atoms with E-state index in [1.54, 1.807) is 31.2 Å². The van der Waals surface area contributed by atoms with Crippen LogP contribution in [-0.2, 0) is 16.6 Å². The summed E-state index contributed by atoms with van der Waals surface area (Å²) >= 11 is 0. The Balaban J connectivity index is 1.87. The van der Waals surface area contributed by atoms with Crippen LogP contribution >= 0.6 is 0 Å².